The Labute approximate surface area is 118 Å². The summed E-state index contributed by atoms with van der Waals surface area (Å²) in [6, 6.07) is 6.73. The number of nitrogens with two attached hydrogens (primary N) is 2. The molecule has 0 aromatic heterocycles. The third-order valence-corrected chi connectivity index (χ3v) is 2.96. The van der Waals surface area contributed by atoms with Crippen molar-refractivity contribution in [1.29, 1.82) is 0 Å². The highest BCUT2D eigenvalue weighted by molar-refractivity contribution is 5.79. The minimum Gasteiger partial charge on any atom is -0.465 e. The van der Waals surface area contributed by atoms with E-state index in [0.29, 0.717) is 18.8 Å². The Balaban J connectivity index is 2.86. The highest BCUT2D eigenvalue weighted by atomic mass is 16.5. The van der Waals surface area contributed by atoms with E-state index in [4.69, 9.17) is 16.2 Å². The first-order valence-corrected chi connectivity index (χ1v) is 6.48. The zero-order chi connectivity index (χ0) is 15.1. The maximum atomic E-state index is 11.8. The predicted molar refractivity (Wildman–Crippen MR) is 76.6 cm³/mol. The Morgan fingerprint density at radius 1 is 1.35 bits per heavy atom. The summed E-state index contributed by atoms with van der Waals surface area (Å²) < 4.78 is 4.97. The van der Waals surface area contributed by atoms with Crippen LogP contribution in [0.1, 0.15) is 19.4 Å². The van der Waals surface area contributed by atoms with Gasteiger partial charge in [0.05, 0.1) is 13.2 Å². The number of ether oxygens (including phenoxy) is 1. The van der Waals surface area contributed by atoms with Gasteiger partial charge in [-0.15, -0.1) is 0 Å². The van der Waals surface area contributed by atoms with Crippen LogP contribution in [-0.4, -0.2) is 36.0 Å². The van der Waals surface area contributed by atoms with Gasteiger partial charge in [-0.3, -0.25) is 14.5 Å². The summed E-state index contributed by atoms with van der Waals surface area (Å²) in [7, 11) is 0. The van der Waals surface area contributed by atoms with Crippen LogP contribution in [0.4, 0.5) is 5.69 Å². The Bertz CT molecular complexity index is 476. The maximum Gasteiger partial charge on any atom is 0.323 e. The summed E-state index contributed by atoms with van der Waals surface area (Å²) in [5.74, 6) is -0.890. The van der Waals surface area contributed by atoms with E-state index in [0.717, 1.165) is 5.56 Å². The standard InChI is InChI=1S/C14H21N3O3/c1-3-20-14(19)10(2)17(9-13(16)18)8-11-6-4-5-7-12(11)15/h4-7,10H,3,8-9,15H2,1-2H3,(H2,16,18). The highest BCUT2D eigenvalue weighted by Crippen LogP contribution is 2.15. The lowest BCUT2D eigenvalue weighted by Crippen LogP contribution is -2.44. The van der Waals surface area contributed by atoms with Crippen LogP contribution < -0.4 is 11.5 Å². The molecule has 1 unspecified atom stereocenters. The highest BCUT2D eigenvalue weighted by Gasteiger charge is 2.24. The molecule has 0 spiro atoms. The van der Waals surface area contributed by atoms with Crippen LogP contribution in [0.2, 0.25) is 0 Å². The second-order valence-corrected chi connectivity index (χ2v) is 4.50. The number of primary amides is 1. The molecule has 1 aromatic carbocycles. The van der Waals surface area contributed by atoms with E-state index < -0.39 is 11.9 Å². The Kier molecular flexibility index (Phi) is 5.99. The second-order valence-electron chi connectivity index (χ2n) is 4.50. The monoisotopic (exact) mass is 279 g/mol. The van der Waals surface area contributed by atoms with Crippen molar-refractivity contribution in [1.82, 2.24) is 4.90 Å². The third-order valence-electron chi connectivity index (χ3n) is 2.96. The van der Waals surface area contributed by atoms with E-state index in [1.165, 1.54) is 0 Å². The molecular weight excluding hydrogens is 258 g/mol. The number of para-hydroxylation sites is 1. The lowest BCUT2D eigenvalue weighted by molar-refractivity contribution is -0.149. The van der Waals surface area contributed by atoms with Crippen molar-refractivity contribution in [2.24, 2.45) is 5.73 Å². The Morgan fingerprint density at radius 3 is 2.55 bits per heavy atom. The zero-order valence-electron chi connectivity index (χ0n) is 11.8. The number of nitrogens with zero attached hydrogens (tertiary/aromatic N) is 1. The van der Waals surface area contributed by atoms with Crippen molar-refractivity contribution in [3.63, 3.8) is 0 Å². The van der Waals surface area contributed by atoms with Crippen molar-refractivity contribution < 1.29 is 14.3 Å². The molecule has 4 N–H and O–H groups in total. The quantitative estimate of drug-likeness (QED) is 0.559. The smallest absolute Gasteiger partial charge is 0.323 e. The lowest BCUT2D eigenvalue weighted by Gasteiger charge is -2.26. The maximum absolute atomic E-state index is 11.8. The van der Waals surface area contributed by atoms with Crippen molar-refractivity contribution in [3.8, 4) is 0 Å². The van der Waals surface area contributed by atoms with Crippen molar-refractivity contribution in [3.05, 3.63) is 29.8 Å². The van der Waals surface area contributed by atoms with E-state index in [9.17, 15) is 9.59 Å². The Hall–Kier alpha value is -2.08. The van der Waals surface area contributed by atoms with E-state index in [1.807, 2.05) is 18.2 Å². The number of esters is 1. The van der Waals surface area contributed by atoms with Crippen molar-refractivity contribution in [2.75, 3.05) is 18.9 Å². The molecule has 0 saturated heterocycles. The fourth-order valence-electron chi connectivity index (χ4n) is 1.84. The first-order valence-electron chi connectivity index (χ1n) is 6.48. The number of hydrogen-bond acceptors (Lipinski definition) is 5. The molecule has 110 valence electrons. The molecule has 20 heavy (non-hydrogen) atoms. The fourth-order valence-corrected chi connectivity index (χ4v) is 1.84. The molecule has 0 aliphatic carbocycles. The molecule has 6 heteroatoms. The SMILES string of the molecule is CCOC(=O)C(C)N(CC(N)=O)Cc1ccccc1N. The van der Waals surface area contributed by atoms with Gasteiger partial charge in [0, 0.05) is 12.2 Å². The number of nitrogen functional groups attached to an aromatic ring is 1. The summed E-state index contributed by atoms with van der Waals surface area (Å²) in [6.07, 6.45) is 0. The molecule has 1 rings (SSSR count). The van der Waals surface area contributed by atoms with E-state index >= 15 is 0 Å². The molecule has 0 radical (unpaired) electrons. The fraction of sp³-hybridized carbons (Fsp3) is 0.429. The largest absolute Gasteiger partial charge is 0.465 e. The topological polar surface area (TPSA) is 98.6 Å². The van der Waals surface area contributed by atoms with Gasteiger partial charge < -0.3 is 16.2 Å². The number of anilines is 1. The average molecular weight is 279 g/mol. The second kappa shape index (κ2) is 7.49. The lowest BCUT2D eigenvalue weighted by atomic mass is 10.1. The molecule has 0 saturated carbocycles. The number of rotatable bonds is 7. The molecule has 1 aromatic rings. The minimum atomic E-state index is -0.568. The number of carbonyl (C=O) groups is 2. The van der Waals surface area contributed by atoms with Crippen LogP contribution in [0, 0.1) is 0 Å². The molecule has 0 aliphatic heterocycles. The molecule has 1 atom stereocenters. The van der Waals surface area contributed by atoms with Crippen LogP contribution in [0.15, 0.2) is 24.3 Å². The van der Waals surface area contributed by atoms with Crippen LogP contribution in [0.3, 0.4) is 0 Å². The van der Waals surface area contributed by atoms with Gasteiger partial charge in [0.1, 0.15) is 6.04 Å². The number of benzene rings is 1. The summed E-state index contributed by atoms with van der Waals surface area (Å²) in [4.78, 5) is 24.6. The van der Waals surface area contributed by atoms with Gasteiger partial charge in [-0.25, -0.2) is 0 Å². The summed E-state index contributed by atoms with van der Waals surface area (Å²) >= 11 is 0. The summed E-state index contributed by atoms with van der Waals surface area (Å²) in [5, 5.41) is 0. The van der Waals surface area contributed by atoms with Gasteiger partial charge >= 0.3 is 5.97 Å². The Morgan fingerprint density at radius 2 is 2.00 bits per heavy atom. The molecule has 0 bridgehead atoms. The first kappa shape index (κ1) is 16.0. The molecular formula is C14H21N3O3. The summed E-state index contributed by atoms with van der Waals surface area (Å²) in [6.45, 7) is 4.03. The third kappa shape index (κ3) is 4.55. The normalized spacial score (nSPS) is 12.2. The molecule has 0 aliphatic rings. The van der Waals surface area contributed by atoms with Crippen LogP contribution >= 0.6 is 0 Å². The van der Waals surface area contributed by atoms with Gasteiger partial charge in [0.15, 0.2) is 0 Å². The van der Waals surface area contributed by atoms with E-state index in [-0.39, 0.29) is 12.5 Å². The molecule has 6 nitrogen and oxygen atoms in total. The van der Waals surface area contributed by atoms with Gasteiger partial charge in [0.2, 0.25) is 5.91 Å². The van der Waals surface area contributed by atoms with Crippen LogP contribution in [0.5, 0.6) is 0 Å². The zero-order valence-corrected chi connectivity index (χ0v) is 11.8. The van der Waals surface area contributed by atoms with Crippen LogP contribution in [-0.2, 0) is 20.9 Å². The van der Waals surface area contributed by atoms with Gasteiger partial charge in [-0.05, 0) is 25.5 Å². The van der Waals surface area contributed by atoms with Gasteiger partial charge in [-0.1, -0.05) is 18.2 Å². The molecule has 1 amide bonds. The number of carbonyl (C=O) groups excluding carboxylic acids is 2. The first-order chi connectivity index (χ1) is 9.45. The van der Waals surface area contributed by atoms with Crippen LogP contribution in [0.25, 0.3) is 0 Å². The molecule has 0 heterocycles. The summed E-state index contributed by atoms with van der Waals surface area (Å²) in [5.41, 5.74) is 12.6. The van der Waals surface area contributed by atoms with E-state index in [2.05, 4.69) is 0 Å². The number of amides is 1. The van der Waals surface area contributed by atoms with Crippen molar-refractivity contribution in [2.45, 2.75) is 26.4 Å². The predicted octanol–water partition coefficient (Wildman–Crippen LogP) is 0.508. The van der Waals surface area contributed by atoms with Gasteiger partial charge in [-0.2, -0.15) is 0 Å². The number of hydrogen-bond donors (Lipinski definition) is 2. The average Bonchev–Trinajstić information content (AvgIpc) is 2.39. The van der Waals surface area contributed by atoms with E-state index in [1.54, 1.807) is 24.8 Å². The van der Waals surface area contributed by atoms with Gasteiger partial charge in [0.25, 0.3) is 0 Å². The minimum absolute atomic E-state index is 0.0334. The van der Waals surface area contributed by atoms with Crippen molar-refractivity contribution >= 4 is 17.6 Å². The molecule has 0 fully saturated rings.